The first-order valence-electron chi connectivity index (χ1n) is 8.21. The van der Waals surface area contributed by atoms with E-state index in [1.807, 2.05) is 12.1 Å². The molecular weight excluding hydrogens is 260 g/mol. The first-order valence-corrected chi connectivity index (χ1v) is 8.21. The summed E-state index contributed by atoms with van der Waals surface area (Å²) >= 11 is 0. The van der Waals surface area contributed by atoms with Gasteiger partial charge in [-0.3, -0.25) is 4.90 Å². The molecule has 1 aromatic rings. The minimum Gasteiger partial charge on any atom is -0.508 e. The number of hydrogen-bond acceptors (Lipinski definition) is 3. The Morgan fingerprint density at radius 1 is 1.29 bits per heavy atom. The smallest absolute Gasteiger partial charge is 0.115 e. The fourth-order valence-corrected chi connectivity index (χ4v) is 3.19. The Hall–Kier alpha value is -1.06. The molecule has 0 amide bonds. The van der Waals surface area contributed by atoms with Crippen molar-refractivity contribution in [3.63, 3.8) is 0 Å². The predicted molar refractivity (Wildman–Crippen MR) is 88.4 cm³/mol. The number of nitrogens with zero attached hydrogens (tertiary/aromatic N) is 1. The van der Waals surface area contributed by atoms with Gasteiger partial charge >= 0.3 is 0 Å². The van der Waals surface area contributed by atoms with E-state index in [9.17, 15) is 5.11 Å². The first-order chi connectivity index (χ1) is 9.95. The molecule has 0 spiro atoms. The van der Waals surface area contributed by atoms with Crippen molar-refractivity contribution in [1.29, 1.82) is 0 Å². The summed E-state index contributed by atoms with van der Waals surface area (Å²) in [6.07, 6.45) is 1.22. The molecule has 3 heteroatoms. The van der Waals surface area contributed by atoms with Gasteiger partial charge in [0.05, 0.1) is 0 Å². The molecule has 1 fully saturated rings. The molecule has 0 saturated carbocycles. The van der Waals surface area contributed by atoms with Crippen LogP contribution in [0.1, 0.15) is 39.7 Å². The van der Waals surface area contributed by atoms with Crippen molar-refractivity contribution in [3.05, 3.63) is 29.8 Å². The van der Waals surface area contributed by atoms with E-state index >= 15 is 0 Å². The molecule has 0 aliphatic carbocycles. The predicted octanol–water partition coefficient (Wildman–Crippen LogP) is 3.24. The van der Waals surface area contributed by atoms with Crippen LogP contribution in [0, 0.1) is 11.8 Å². The molecule has 1 aliphatic heterocycles. The molecule has 0 bridgehead atoms. The summed E-state index contributed by atoms with van der Waals surface area (Å²) in [5.74, 6) is 1.72. The maximum atomic E-state index is 9.66. The van der Waals surface area contributed by atoms with Gasteiger partial charge in [-0.1, -0.05) is 39.8 Å². The molecule has 2 N–H and O–H groups in total. The van der Waals surface area contributed by atoms with Crippen LogP contribution in [0.4, 0.5) is 0 Å². The van der Waals surface area contributed by atoms with Crippen molar-refractivity contribution < 1.29 is 5.11 Å². The Morgan fingerprint density at radius 2 is 2.05 bits per heavy atom. The third-order valence-corrected chi connectivity index (χ3v) is 4.41. The lowest BCUT2D eigenvalue weighted by atomic mass is 9.94. The maximum Gasteiger partial charge on any atom is 0.115 e. The topological polar surface area (TPSA) is 35.5 Å². The third kappa shape index (κ3) is 4.72. The standard InChI is InChI=1S/C18H30N2O/c1-13(2)8-16-10-19-18(14(3)4)12-20(16)11-15-6-5-7-17(21)9-15/h5-7,9,13-14,16,18-19,21H,8,10-12H2,1-4H3. The van der Waals surface area contributed by atoms with Crippen LogP contribution in [0.5, 0.6) is 5.75 Å². The van der Waals surface area contributed by atoms with Crippen molar-refractivity contribution in [1.82, 2.24) is 10.2 Å². The van der Waals surface area contributed by atoms with Crippen LogP contribution in [-0.2, 0) is 6.54 Å². The number of rotatable bonds is 5. The molecule has 0 aromatic heterocycles. The van der Waals surface area contributed by atoms with Gasteiger partial charge in [-0.15, -0.1) is 0 Å². The second-order valence-electron chi connectivity index (χ2n) is 7.14. The molecule has 21 heavy (non-hydrogen) atoms. The van der Waals surface area contributed by atoms with Gasteiger partial charge in [-0.05, 0) is 36.0 Å². The second-order valence-corrected chi connectivity index (χ2v) is 7.14. The highest BCUT2D eigenvalue weighted by Crippen LogP contribution is 2.22. The van der Waals surface area contributed by atoms with E-state index in [0.29, 0.717) is 29.7 Å². The molecule has 2 unspecified atom stereocenters. The molecule has 3 nitrogen and oxygen atoms in total. The van der Waals surface area contributed by atoms with Crippen LogP contribution in [-0.4, -0.2) is 35.2 Å². The average molecular weight is 290 g/mol. The van der Waals surface area contributed by atoms with Crippen molar-refractivity contribution in [2.75, 3.05) is 13.1 Å². The summed E-state index contributed by atoms with van der Waals surface area (Å²) in [5, 5.41) is 13.4. The van der Waals surface area contributed by atoms with E-state index in [1.54, 1.807) is 6.07 Å². The Labute approximate surface area is 129 Å². The Morgan fingerprint density at radius 3 is 2.67 bits per heavy atom. The normalized spacial score (nSPS) is 23.9. The van der Waals surface area contributed by atoms with Crippen molar-refractivity contribution in [2.24, 2.45) is 11.8 Å². The van der Waals surface area contributed by atoms with E-state index < -0.39 is 0 Å². The minimum atomic E-state index is 0.364. The van der Waals surface area contributed by atoms with Crippen LogP contribution >= 0.6 is 0 Å². The van der Waals surface area contributed by atoms with Crippen molar-refractivity contribution >= 4 is 0 Å². The van der Waals surface area contributed by atoms with Crippen LogP contribution in [0.25, 0.3) is 0 Å². The highest BCUT2D eigenvalue weighted by Gasteiger charge is 2.29. The summed E-state index contributed by atoms with van der Waals surface area (Å²) in [6, 6.07) is 8.82. The van der Waals surface area contributed by atoms with Gasteiger partial charge in [0.2, 0.25) is 0 Å². The number of phenols is 1. The van der Waals surface area contributed by atoms with Crippen LogP contribution < -0.4 is 5.32 Å². The molecular formula is C18H30N2O. The van der Waals surface area contributed by atoms with E-state index in [-0.39, 0.29) is 0 Å². The zero-order valence-electron chi connectivity index (χ0n) is 13.8. The first kappa shape index (κ1) is 16.3. The lowest BCUT2D eigenvalue weighted by molar-refractivity contribution is 0.0923. The quantitative estimate of drug-likeness (QED) is 0.874. The highest BCUT2D eigenvalue weighted by atomic mass is 16.3. The van der Waals surface area contributed by atoms with E-state index in [2.05, 4.69) is 44.0 Å². The number of benzene rings is 1. The third-order valence-electron chi connectivity index (χ3n) is 4.41. The van der Waals surface area contributed by atoms with E-state index in [0.717, 1.165) is 19.6 Å². The Bertz CT molecular complexity index is 445. The number of hydrogen-bond donors (Lipinski definition) is 2. The zero-order chi connectivity index (χ0) is 15.4. The van der Waals surface area contributed by atoms with Gasteiger partial charge < -0.3 is 10.4 Å². The van der Waals surface area contributed by atoms with Gasteiger partial charge in [0, 0.05) is 31.7 Å². The lowest BCUT2D eigenvalue weighted by Gasteiger charge is -2.42. The van der Waals surface area contributed by atoms with Crippen LogP contribution in [0.3, 0.4) is 0 Å². The van der Waals surface area contributed by atoms with E-state index in [1.165, 1.54) is 12.0 Å². The highest BCUT2D eigenvalue weighted by molar-refractivity contribution is 5.27. The molecule has 1 heterocycles. The molecule has 2 atom stereocenters. The summed E-state index contributed by atoms with van der Waals surface area (Å²) in [7, 11) is 0. The molecule has 1 aromatic carbocycles. The summed E-state index contributed by atoms with van der Waals surface area (Å²) < 4.78 is 0. The molecule has 2 rings (SSSR count). The molecule has 118 valence electrons. The zero-order valence-corrected chi connectivity index (χ0v) is 13.8. The second kappa shape index (κ2) is 7.28. The SMILES string of the molecule is CC(C)CC1CNC(C(C)C)CN1Cc1cccc(O)c1. The van der Waals surface area contributed by atoms with Gasteiger partial charge in [0.15, 0.2) is 0 Å². The van der Waals surface area contributed by atoms with E-state index in [4.69, 9.17) is 0 Å². The molecule has 0 radical (unpaired) electrons. The lowest BCUT2D eigenvalue weighted by Crippen LogP contribution is -2.57. The van der Waals surface area contributed by atoms with Gasteiger partial charge in [0.1, 0.15) is 5.75 Å². The van der Waals surface area contributed by atoms with Crippen LogP contribution in [0.15, 0.2) is 24.3 Å². The number of phenolic OH excluding ortho intramolecular Hbond substituents is 1. The summed E-state index contributed by atoms with van der Waals surface area (Å²) in [4.78, 5) is 2.59. The molecule has 1 aliphatic rings. The van der Waals surface area contributed by atoms with Gasteiger partial charge in [-0.25, -0.2) is 0 Å². The Kier molecular flexibility index (Phi) is 5.65. The Balaban J connectivity index is 2.08. The minimum absolute atomic E-state index is 0.364. The summed E-state index contributed by atoms with van der Waals surface area (Å²) in [5.41, 5.74) is 1.20. The fourth-order valence-electron chi connectivity index (χ4n) is 3.19. The van der Waals surface area contributed by atoms with Gasteiger partial charge in [0.25, 0.3) is 0 Å². The average Bonchev–Trinajstić information content (AvgIpc) is 2.40. The van der Waals surface area contributed by atoms with Crippen LogP contribution in [0.2, 0.25) is 0 Å². The van der Waals surface area contributed by atoms with Crippen molar-refractivity contribution in [2.45, 2.75) is 52.7 Å². The van der Waals surface area contributed by atoms with Gasteiger partial charge in [-0.2, -0.15) is 0 Å². The number of aromatic hydroxyl groups is 1. The fraction of sp³-hybridized carbons (Fsp3) is 0.667. The summed E-state index contributed by atoms with van der Waals surface area (Å²) in [6.45, 7) is 12.2. The number of nitrogens with one attached hydrogen (secondary N) is 1. The monoisotopic (exact) mass is 290 g/mol. The molecule has 1 saturated heterocycles. The van der Waals surface area contributed by atoms with Crippen molar-refractivity contribution in [3.8, 4) is 5.75 Å². The maximum absolute atomic E-state index is 9.66. The number of piperazine rings is 1. The largest absolute Gasteiger partial charge is 0.508 e.